The molecule has 138 valence electrons. The lowest BCUT2D eigenvalue weighted by atomic mass is 10.2. The number of amides is 1. The van der Waals surface area contributed by atoms with Gasteiger partial charge in [-0.2, -0.15) is 0 Å². The lowest BCUT2D eigenvalue weighted by Gasteiger charge is -2.27. The molecule has 0 aliphatic rings. The van der Waals surface area contributed by atoms with Gasteiger partial charge in [0.25, 0.3) is 0 Å². The number of hydrogen-bond acceptors (Lipinski definition) is 3. The Morgan fingerprint density at radius 3 is 2.35 bits per heavy atom. The number of rotatable bonds is 7. The van der Waals surface area contributed by atoms with Gasteiger partial charge < -0.3 is 15.4 Å². The molecular formula is C19H19Cl3N2O2. The van der Waals surface area contributed by atoms with E-state index in [0.717, 1.165) is 11.3 Å². The van der Waals surface area contributed by atoms with Crippen LogP contribution in [-0.4, -0.2) is 22.5 Å². The molecule has 2 rings (SSSR count). The number of hydrogen-bond donors (Lipinski definition) is 2. The summed E-state index contributed by atoms with van der Waals surface area (Å²) in [5.74, 6) is 0.349. The van der Waals surface area contributed by atoms with Crippen LogP contribution in [0.25, 0.3) is 6.08 Å². The van der Waals surface area contributed by atoms with Crippen LogP contribution in [0.15, 0.2) is 60.7 Å². The van der Waals surface area contributed by atoms with Gasteiger partial charge in [0.15, 0.2) is 0 Å². The van der Waals surface area contributed by atoms with Crippen LogP contribution in [0, 0.1) is 0 Å². The van der Waals surface area contributed by atoms with Gasteiger partial charge in [-0.25, -0.2) is 0 Å². The molecule has 0 fully saturated rings. The second-order valence-corrected chi connectivity index (χ2v) is 7.70. The van der Waals surface area contributed by atoms with E-state index in [1.807, 2.05) is 37.3 Å². The summed E-state index contributed by atoms with van der Waals surface area (Å²) >= 11 is 18.0. The number of anilines is 1. The highest BCUT2D eigenvalue weighted by molar-refractivity contribution is 6.68. The van der Waals surface area contributed by atoms with E-state index < -0.39 is 9.96 Å². The Kier molecular flexibility index (Phi) is 7.64. The summed E-state index contributed by atoms with van der Waals surface area (Å²) in [6.45, 7) is 2.48. The molecule has 0 bridgehead atoms. The zero-order chi connectivity index (χ0) is 19.0. The highest BCUT2D eigenvalue weighted by Crippen LogP contribution is 2.31. The van der Waals surface area contributed by atoms with Gasteiger partial charge in [-0.1, -0.05) is 65.1 Å². The van der Waals surface area contributed by atoms with Crippen LogP contribution in [0.1, 0.15) is 12.5 Å². The molecule has 0 radical (unpaired) electrons. The van der Waals surface area contributed by atoms with Crippen molar-refractivity contribution < 1.29 is 9.53 Å². The lowest BCUT2D eigenvalue weighted by molar-refractivity contribution is -0.116. The summed E-state index contributed by atoms with van der Waals surface area (Å²) in [4.78, 5) is 12.2. The standard InChI is InChI=1S/C19H19Cl3N2O2/c1-2-26-16-11-9-15(10-12-16)23-18(19(20,21)22)24-17(25)13-8-14-6-4-3-5-7-14/h3-13,18,23H,2H2,1H3,(H,24,25)/b13-8+/t18-/m0/s1. The van der Waals surface area contributed by atoms with Crippen LogP contribution in [-0.2, 0) is 4.79 Å². The molecule has 0 saturated heterocycles. The molecule has 2 aromatic rings. The maximum Gasteiger partial charge on any atom is 0.245 e. The molecule has 2 N–H and O–H groups in total. The first kappa shape index (κ1) is 20.4. The first-order valence-corrected chi connectivity index (χ1v) is 9.11. The molecule has 7 heteroatoms. The Labute approximate surface area is 168 Å². The van der Waals surface area contributed by atoms with Gasteiger partial charge >= 0.3 is 0 Å². The molecule has 0 spiro atoms. The fourth-order valence-corrected chi connectivity index (χ4v) is 2.43. The lowest BCUT2D eigenvalue weighted by Crippen LogP contribution is -2.48. The SMILES string of the molecule is CCOc1ccc(N[C@@H](NC(=O)/C=C/c2ccccc2)C(Cl)(Cl)Cl)cc1. The average molecular weight is 414 g/mol. The third-order valence-electron chi connectivity index (χ3n) is 3.32. The van der Waals surface area contributed by atoms with Crippen LogP contribution >= 0.6 is 34.8 Å². The van der Waals surface area contributed by atoms with Crippen molar-refractivity contribution in [3.8, 4) is 5.75 Å². The van der Waals surface area contributed by atoms with E-state index in [1.165, 1.54) is 6.08 Å². The van der Waals surface area contributed by atoms with Gasteiger partial charge in [0, 0.05) is 11.8 Å². The predicted octanol–water partition coefficient (Wildman–Crippen LogP) is 5.02. The molecule has 0 heterocycles. The van der Waals surface area contributed by atoms with Crippen LogP contribution < -0.4 is 15.4 Å². The van der Waals surface area contributed by atoms with Gasteiger partial charge in [-0.05, 0) is 42.8 Å². The quantitative estimate of drug-likeness (QED) is 0.380. The van der Waals surface area contributed by atoms with E-state index in [9.17, 15) is 4.79 Å². The molecular weight excluding hydrogens is 395 g/mol. The van der Waals surface area contributed by atoms with Crippen molar-refractivity contribution in [3.05, 3.63) is 66.2 Å². The first-order chi connectivity index (χ1) is 12.4. The van der Waals surface area contributed by atoms with E-state index in [-0.39, 0.29) is 5.91 Å². The monoisotopic (exact) mass is 412 g/mol. The molecule has 0 aliphatic carbocycles. The number of carbonyl (C=O) groups is 1. The summed E-state index contributed by atoms with van der Waals surface area (Å²) in [7, 11) is 0. The van der Waals surface area contributed by atoms with E-state index in [2.05, 4.69) is 10.6 Å². The van der Waals surface area contributed by atoms with Crippen molar-refractivity contribution in [1.82, 2.24) is 5.32 Å². The van der Waals surface area contributed by atoms with Gasteiger partial charge in [0.05, 0.1) is 6.61 Å². The summed E-state index contributed by atoms with van der Waals surface area (Å²) in [5, 5.41) is 5.65. The van der Waals surface area contributed by atoms with Gasteiger partial charge in [-0.3, -0.25) is 4.79 Å². The van der Waals surface area contributed by atoms with E-state index in [0.29, 0.717) is 12.3 Å². The molecule has 4 nitrogen and oxygen atoms in total. The molecule has 0 unspecified atom stereocenters. The number of ether oxygens (including phenoxy) is 1. The van der Waals surface area contributed by atoms with Crippen LogP contribution in [0.5, 0.6) is 5.75 Å². The minimum atomic E-state index is -1.74. The number of nitrogens with one attached hydrogen (secondary N) is 2. The van der Waals surface area contributed by atoms with Crippen molar-refractivity contribution in [2.45, 2.75) is 16.9 Å². The number of benzene rings is 2. The zero-order valence-corrected chi connectivity index (χ0v) is 16.4. The van der Waals surface area contributed by atoms with Crippen molar-refractivity contribution in [1.29, 1.82) is 0 Å². The average Bonchev–Trinajstić information content (AvgIpc) is 2.61. The number of alkyl halides is 3. The summed E-state index contributed by atoms with van der Waals surface area (Å²) in [6.07, 6.45) is 2.15. The predicted molar refractivity (Wildman–Crippen MR) is 109 cm³/mol. The van der Waals surface area contributed by atoms with Crippen LogP contribution in [0.4, 0.5) is 5.69 Å². The van der Waals surface area contributed by atoms with E-state index >= 15 is 0 Å². The van der Waals surface area contributed by atoms with Crippen LogP contribution in [0.3, 0.4) is 0 Å². The van der Waals surface area contributed by atoms with E-state index in [1.54, 1.807) is 30.3 Å². The number of halogens is 3. The topological polar surface area (TPSA) is 50.4 Å². The maximum atomic E-state index is 12.2. The third-order valence-corrected chi connectivity index (χ3v) is 3.97. The first-order valence-electron chi connectivity index (χ1n) is 7.98. The fourth-order valence-electron chi connectivity index (χ4n) is 2.11. The maximum absolute atomic E-state index is 12.2. The number of carbonyl (C=O) groups excluding carboxylic acids is 1. The highest BCUT2D eigenvalue weighted by atomic mass is 35.6. The second-order valence-electron chi connectivity index (χ2n) is 5.33. The van der Waals surface area contributed by atoms with Gasteiger partial charge in [-0.15, -0.1) is 0 Å². The minimum Gasteiger partial charge on any atom is -0.494 e. The van der Waals surface area contributed by atoms with Gasteiger partial charge in [0.2, 0.25) is 9.70 Å². The summed E-state index contributed by atoms with van der Waals surface area (Å²) < 4.78 is 3.65. The van der Waals surface area contributed by atoms with E-state index in [4.69, 9.17) is 39.5 Å². The third kappa shape index (κ3) is 6.79. The van der Waals surface area contributed by atoms with Crippen molar-refractivity contribution in [3.63, 3.8) is 0 Å². The second kappa shape index (κ2) is 9.72. The summed E-state index contributed by atoms with van der Waals surface area (Å²) in [6, 6.07) is 16.6. The molecule has 26 heavy (non-hydrogen) atoms. The Balaban J connectivity index is 2.03. The molecule has 1 atom stereocenters. The highest BCUT2D eigenvalue weighted by Gasteiger charge is 2.33. The normalized spacial score (nSPS) is 12.6. The molecule has 0 aliphatic heterocycles. The van der Waals surface area contributed by atoms with Crippen LogP contribution in [0.2, 0.25) is 0 Å². The van der Waals surface area contributed by atoms with Crippen molar-refractivity contribution in [2.24, 2.45) is 0 Å². The molecule has 2 aromatic carbocycles. The largest absolute Gasteiger partial charge is 0.494 e. The Morgan fingerprint density at radius 2 is 1.77 bits per heavy atom. The fraction of sp³-hybridized carbons (Fsp3) is 0.211. The molecule has 0 saturated carbocycles. The Morgan fingerprint density at radius 1 is 1.12 bits per heavy atom. The van der Waals surface area contributed by atoms with Gasteiger partial charge in [0.1, 0.15) is 11.9 Å². The Hall–Kier alpha value is -1.88. The molecule has 0 aromatic heterocycles. The van der Waals surface area contributed by atoms with Crippen molar-refractivity contribution in [2.75, 3.05) is 11.9 Å². The Bertz CT molecular complexity index is 729. The zero-order valence-electron chi connectivity index (χ0n) is 14.1. The smallest absolute Gasteiger partial charge is 0.245 e. The van der Waals surface area contributed by atoms with Crippen molar-refractivity contribution >= 4 is 52.5 Å². The molecule has 1 amide bonds. The summed E-state index contributed by atoms with van der Waals surface area (Å²) in [5.41, 5.74) is 1.57. The minimum absolute atomic E-state index is 0.386.